The number of hydrogen-bond donors (Lipinski definition) is 1. The highest BCUT2D eigenvalue weighted by atomic mass is 35.5. The Morgan fingerprint density at radius 2 is 2.12 bits per heavy atom. The molecule has 0 fully saturated rings. The van der Waals surface area contributed by atoms with Gasteiger partial charge in [0.1, 0.15) is 12.4 Å². The molecule has 0 aliphatic rings. The number of hydrogen-bond acceptors (Lipinski definition) is 4. The van der Waals surface area contributed by atoms with Crippen LogP contribution in [0.2, 0.25) is 5.02 Å². The van der Waals surface area contributed by atoms with Crippen LogP contribution in [0.5, 0.6) is 0 Å². The predicted molar refractivity (Wildman–Crippen MR) is 88.7 cm³/mol. The van der Waals surface area contributed by atoms with Gasteiger partial charge in [0.2, 0.25) is 0 Å². The summed E-state index contributed by atoms with van der Waals surface area (Å²) < 4.78 is 5.09. The lowest BCUT2D eigenvalue weighted by Crippen LogP contribution is -2.23. The van der Waals surface area contributed by atoms with Gasteiger partial charge in [-0.1, -0.05) is 11.6 Å². The third-order valence-corrected chi connectivity index (χ3v) is 4.20. The van der Waals surface area contributed by atoms with E-state index in [1.54, 1.807) is 32.5 Å². The van der Waals surface area contributed by atoms with Crippen LogP contribution in [0, 0.1) is 13.8 Å². The summed E-state index contributed by atoms with van der Waals surface area (Å²) in [4.78, 5) is 12.2. The molecule has 0 bridgehead atoms. The molecule has 3 aromatic heterocycles. The first-order chi connectivity index (χ1) is 11.4. The van der Waals surface area contributed by atoms with Gasteiger partial charge in [0.15, 0.2) is 0 Å². The topological polar surface area (TPSA) is 82.6 Å². The smallest absolute Gasteiger partial charge is 0.272 e. The normalized spacial score (nSPS) is 11.0. The van der Waals surface area contributed by atoms with E-state index in [1.165, 1.54) is 0 Å². The quantitative estimate of drug-likeness (QED) is 0.758. The number of aromatic nitrogens is 6. The summed E-state index contributed by atoms with van der Waals surface area (Å²) in [6.07, 6.45) is 5.31. The maximum atomic E-state index is 12.2. The Balaban J connectivity index is 1.64. The van der Waals surface area contributed by atoms with Crippen molar-refractivity contribution in [3.05, 3.63) is 52.3 Å². The van der Waals surface area contributed by atoms with Crippen LogP contribution in [0.15, 0.2) is 24.7 Å². The second-order valence-corrected chi connectivity index (χ2v) is 5.95. The highest BCUT2D eigenvalue weighted by Gasteiger charge is 2.12. The van der Waals surface area contributed by atoms with E-state index in [0.717, 1.165) is 17.0 Å². The molecular formula is C15H18ClN7O. The Morgan fingerprint density at radius 1 is 1.33 bits per heavy atom. The number of nitrogens with one attached hydrogen (secondary N) is 1. The molecule has 9 heteroatoms. The van der Waals surface area contributed by atoms with Gasteiger partial charge in [-0.2, -0.15) is 15.3 Å². The molecule has 24 heavy (non-hydrogen) atoms. The fraction of sp³-hybridized carbons (Fsp3) is 0.333. The number of carbonyl (C=O) groups excluding carboxylic acids is 1. The molecule has 3 aromatic rings. The zero-order valence-electron chi connectivity index (χ0n) is 13.7. The fourth-order valence-corrected chi connectivity index (χ4v) is 2.48. The summed E-state index contributed by atoms with van der Waals surface area (Å²) in [5.74, 6) is -0.232. The van der Waals surface area contributed by atoms with Gasteiger partial charge >= 0.3 is 0 Å². The number of amides is 1. The van der Waals surface area contributed by atoms with Gasteiger partial charge in [-0.15, -0.1) is 0 Å². The Morgan fingerprint density at radius 3 is 2.75 bits per heavy atom. The van der Waals surface area contributed by atoms with Gasteiger partial charge in [0.05, 0.1) is 22.6 Å². The molecule has 3 heterocycles. The van der Waals surface area contributed by atoms with Crippen LogP contribution < -0.4 is 5.32 Å². The molecule has 0 saturated carbocycles. The van der Waals surface area contributed by atoms with Crippen LogP contribution in [0.3, 0.4) is 0 Å². The third-order valence-electron chi connectivity index (χ3n) is 3.66. The van der Waals surface area contributed by atoms with E-state index >= 15 is 0 Å². The molecule has 1 amide bonds. The highest BCUT2D eigenvalue weighted by molar-refractivity contribution is 6.31. The van der Waals surface area contributed by atoms with Gasteiger partial charge in [-0.3, -0.25) is 14.2 Å². The average molecular weight is 348 g/mol. The minimum absolute atomic E-state index is 0.232. The second kappa shape index (κ2) is 6.48. The molecule has 8 nitrogen and oxygen atoms in total. The molecule has 0 aliphatic carbocycles. The maximum absolute atomic E-state index is 12.2. The molecule has 0 unspecified atom stereocenters. The van der Waals surface area contributed by atoms with Crippen LogP contribution >= 0.6 is 11.6 Å². The first kappa shape index (κ1) is 16.3. The van der Waals surface area contributed by atoms with Crippen molar-refractivity contribution in [1.29, 1.82) is 0 Å². The first-order valence-electron chi connectivity index (χ1n) is 7.42. The lowest BCUT2D eigenvalue weighted by atomic mass is 10.3. The molecule has 0 atom stereocenters. The molecule has 3 rings (SSSR count). The monoisotopic (exact) mass is 347 g/mol. The van der Waals surface area contributed by atoms with E-state index in [4.69, 9.17) is 11.6 Å². The minimum atomic E-state index is -0.232. The van der Waals surface area contributed by atoms with E-state index < -0.39 is 0 Å². The Kier molecular flexibility index (Phi) is 4.39. The van der Waals surface area contributed by atoms with Crippen LogP contribution in [-0.2, 0) is 20.3 Å². The standard InChI is InChI=1S/C15H18ClN7O/c1-10-14(16)11(2)23(19-10)9-22-5-4-13(20-22)15(24)17-6-12-7-18-21(3)8-12/h4-5,7-8H,6,9H2,1-3H3,(H,17,24). The molecule has 1 N–H and O–H groups in total. The largest absolute Gasteiger partial charge is 0.346 e. The van der Waals surface area contributed by atoms with Crippen molar-refractivity contribution in [2.24, 2.45) is 7.05 Å². The van der Waals surface area contributed by atoms with Crippen LogP contribution in [0.4, 0.5) is 0 Å². The van der Waals surface area contributed by atoms with Gasteiger partial charge in [0.25, 0.3) is 5.91 Å². The lowest BCUT2D eigenvalue weighted by molar-refractivity contribution is 0.0945. The molecule has 0 aliphatic heterocycles. The van der Waals surface area contributed by atoms with Crippen molar-refractivity contribution in [3.8, 4) is 0 Å². The van der Waals surface area contributed by atoms with Crippen molar-refractivity contribution in [2.45, 2.75) is 27.1 Å². The number of aryl methyl sites for hydroxylation is 2. The minimum Gasteiger partial charge on any atom is -0.346 e. The molecule has 0 spiro atoms. The molecule has 0 radical (unpaired) electrons. The lowest BCUT2D eigenvalue weighted by Gasteiger charge is -2.04. The zero-order chi connectivity index (χ0) is 17.3. The van der Waals surface area contributed by atoms with E-state index in [9.17, 15) is 4.79 Å². The summed E-state index contributed by atoms with van der Waals surface area (Å²) in [6.45, 7) is 4.56. The number of halogens is 1. The predicted octanol–water partition coefficient (Wildman–Crippen LogP) is 1.52. The van der Waals surface area contributed by atoms with Crippen LogP contribution in [0.1, 0.15) is 27.4 Å². The van der Waals surface area contributed by atoms with Gasteiger partial charge in [-0.25, -0.2) is 4.68 Å². The second-order valence-electron chi connectivity index (χ2n) is 5.57. The number of nitrogens with zero attached hydrogens (tertiary/aromatic N) is 6. The Hall–Kier alpha value is -2.61. The van der Waals surface area contributed by atoms with E-state index in [-0.39, 0.29) is 5.91 Å². The molecular weight excluding hydrogens is 330 g/mol. The Bertz CT molecular complexity index is 876. The van der Waals surface area contributed by atoms with Crippen molar-refractivity contribution >= 4 is 17.5 Å². The van der Waals surface area contributed by atoms with Crippen LogP contribution in [0.25, 0.3) is 0 Å². The molecule has 0 aromatic carbocycles. The summed E-state index contributed by atoms with van der Waals surface area (Å²) in [5, 5.41) is 16.2. The fourth-order valence-electron chi connectivity index (χ4n) is 2.35. The number of carbonyl (C=O) groups is 1. The summed E-state index contributed by atoms with van der Waals surface area (Å²) in [7, 11) is 1.83. The average Bonchev–Trinajstić information content (AvgIpc) is 3.24. The van der Waals surface area contributed by atoms with Crippen molar-refractivity contribution in [1.82, 2.24) is 34.7 Å². The summed E-state index contributed by atoms with van der Waals surface area (Å²) >= 11 is 6.14. The maximum Gasteiger partial charge on any atom is 0.272 e. The van der Waals surface area contributed by atoms with E-state index in [0.29, 0.717) is 23.9 Å². The van der Waals surface area contributed by atoms with E-state index in [2.05, 4.69) is 20.6 Å². The summed E-state index contributed by atoms with van der Waals surface area (Å²) in [5.41, 5.74) is 2.93. The molecule has 0 saturated heterocycles. The summed E-state index contributed by atoms with van der Waals surface area (Å²) in [6, 6.07) is 1.67. The zero-order valence-corrected chi connectivity index (χ0v) is 14.4. The molecule has 126 valence electrons. The SMILES string of the molecule is Cc1nn(Cn2ccc(C(=O)NCc3cnn(C)c3)n2)c(C)c1Cl. The van der Waals surface area contributed by atoms with Crippen molar-refractivity contribution in [2.75, 3.05) is 0 Å². The van der Waals surface area contributed by atoms with Crippen LogP contribution in [-0.4, -0.2) is 35.2 Å². The number of rotatable bonds is 5. The highest BCUT2D eigenvalue weighted by Crippen LogP contribution is 2.18. The van der Waals surface area contributed by atoms with Gasteiger partial charge < -0.3 is 5.32 Å². The third kappa shape index (κ3) is 3.33. The van der Waals surface area contributed by atoms with Crippen molar-refractivity contribution < 1.29 is 4.79 Å². The first-order valence-corrected chi connectivity index (χ1v) is 7.80. The van der Waals surface area contributed by atoms with Crippen molar-refractivity contribution in [3.63, 3.8) is 0 Å². The Labute approximate surface area is 144 Å². The van der Waals surface area contributed by atoms with E-state index in [1.807, 2.05) is 27.1 Å². The van der Waals surface area contributed by atoms with Gasteiger partial charge in [0, 0.05) is 31.5 Å². The van der Waals surface area contributed by atoms with Gasteiger partial charge in [-0.05, 0) is 19.9 Å².